The van der Waals surface area contributed by atoms with Crippen molar-refractivity contribution in [3.63, 3.8) is 0 Å². The number of anilines is 1. The second-order valence-corrected chi connectivity index (χ2v) is 6.81. The van der Waals surface area contributed by atoms with Gasteiger partial charge >= 0.3 is 0 Å². The van der Waals surface area contributed by atoms with Crippen LogP contribution in [0.3, 0.4) is 0 Å². The van der Waals surface area contributed by atoms with Gasteiger partial charge < -0.3 is 4.90 Å². The van der Waals surface area contributed by atoms with E-state index >= 15 is 0 Å². The standard InChI is InChI=1S/C18H30N4/c1-3-16-13-18(20-15(2)19-16)22-12-8-9-17(14-22)21-10-6-4-5-7-11-21/h13,17H,3-12,14H2,1-2H3. The number of rotatable bonds is 3. The van der Waals surface area contributed by atoms with E-state index in [4.69, 9.17) is 4.98 Å². The number of hydrogen-bond donors (Lipinski definition) is 0. The highest BCUT2D eigenvalue weighted by atomic mass is 15.3. The van der Waals surface area contributed by atoms with Gasteiger partial charge in [-0.05, 0) is 52.1 Å². The molecule has 1 unspecified atom stereocenters. The van der Waals surface area contributed by atoms with E-state index in [0.29, 0.717) is 6.04 Å². The van der Waals surface area contributed by atoms with Crippen LogP contribution in [0.15, 0.2) is 6.07 Å². The van der Waals surface area contributed by atoms with Crippen LogP contribution in [-0.2, 0) is 6.42 Å². The van der Waals surface area contributed by atoms with Gasteiger partial charge in [-0.15, -0.1) is 0 Å². The van der Waals surface area contributed by atoms with Crippen molar-refractivity contribution >= 4 is 5.82 Å². The summed E-state index contributed by atoms with van der Waals surface area (Å²) in [4.78, 5) is 14.5. The van der Waals surface area contributed by atoms with E-state index in [0.717, 1.165) is 31.2 Å². The van der Waals surface area contributed by atoms with E-state index in [-0.39, 0.29) is 0 Å². The van der Waals surface area contributed by atoms with Crippen LogP contribution < -0.4 is 4.90 Å². The molecule has 4 heteroatoms. The van der Waals surface area contributed by atoms with Crippen molar-refractivity contribution in [2.24, 2.45) is 0 Å². The van der Waals surface area contributed by atoms with Gasteiger partial charge in [0.1, 0.15) is 11.6 Å². The molecule has 1 atom stereocenters. The van der Waals surface area contributed by atoms with E-state index in [9.17, 15) is 0 Å². The molecular weight excluding hydrogens is 272 g/mol. The first-order chi connectivity index (χ1) is 10.8. The molecule has 122 valence electrons. The summed E-state index contributed by atoms with van der Waals surface area (Å²) in [5, 5.41) is 0. The van der Waals surface area contributed by atoms with Crippen LogP contribution in [0.25, 0.3) is 0 Å². The lowest BCUT2D eigenvalue weighted by molar-refractivity contribution is 0.182. The van der Waals surface area contributed by atoms with Gasteiger partial charge in [0.2, 0.25) is 0 Å². The van der Waals surface area contributed by atoms with Crippen LogP contribution in [0, 0.1) is 6.92 Å². The van der Waals surface area contributed by atoms with Gasteiger partial charge in [0.25, 0.3) is 0 Å². The molecule has 0 amide bonds. The Bertz CT molecular complexity index is 480. The maximum atomic E-state index is 4.70. The van der Waals surface area contributed by atoms with E-state index in [1.54, 1.807) is 0 Å². The Morgan fingerprint density at radius 2 is 1.82 bits per heavy atom. The van der Waals surface area contributed by atoms with Crippen molar-refractivity contribution in [2.45, 2.75) is 64.8 Å². The summed E-state index contributed by atoms with van der Waals surface area (Å²) in [6, 6.07) is 2.91. The molecule has 1 aromatic rings. The second-order valence-electron chi connectivity index (χ2n) is 6.81. The Morgan fingerprint density at radius 3 is 2.55 bits per heavy atom. The van der Waals surface area contributed by atoms with Crippen LogP contribution in [-0.4, -0.2) is 47.1 Å². The molecule has 1 aromatic heterocycles. The van der Waals surface area contributed by atoms with Gasteiger partial charge in [-0.3, -0.25) is 4.90 Å². The third kappa shape index (κ3) is 3.78. The molecule has 0 aliphatic carbocycles. The van der Waals surface area contributed by atoms with E-state index in [1.807, 2.05) is 6.92 Å². The monoisotopic (exact) mass is 302 g/mol. The summed E-state index contributed by atoms with van der Waals surface area (Å²) in [6.45, 7) is 9.05. The van der Waals surface area contributed by atoms with Crippen molar-refractivity contribution in [2.75, 3.05) is 31.1 Å². The Labute approximate surface area is 134 Å². The van der Waals surface area contributed by atoms with Crippen molar-refractivity contribution in [1.82, 2.24) is 14.9 Å². The maximum absolute atomic E-state index is 4.70. The van der Waals surface area contributed by atoms with Gasteiger partial charge in [-0.1, -0.05) is 19.8 Å². The Hall–Kier alpha value is -1.16. The zero-order valence-corrected chi connectivity index (χ0v) is 14.2. The second kappa shape index (κ2) is 7.40. The van der Waals surface area contributed by atoms with Crippen molar-refractivity contribution < 1.29 is 0 Å². The third-order valence-electron chi connectivity index (χ3n) is 5.12. The normalized spacial score (nSPS) is 24.3. The minimum absolute atomic E-state index is 0.715. The predicted molar refractivity (Wildman–Crippen MR) is 91.4 cm³/mol. The third-order valence-corrected chi connectivity index (χ3v) is 5.12. The summed E-state index contributed by atoms with van der Waals surface area (Å²) in [5.41, 5.74) is 1.17. The lowest BCUT2D eigenvalue weighted by Gasteiger charge is -2.39. The van der Waals surface area contributed by atoms with E-state index in [1.165, 1.54) is 57.3 Å². The zero-order chi connectivity index (χ0) is 15.4. The highest BCUT2D eigenvalue weighted by Crippen LogP contribution is 2.23. The highest BCUT2D eigenvalue weighted by molar-refractivity contribution is 5.40. The fourth-order valence-electron chi connectivity index (χ4n) is 3.88. The summed E-state index contributed by atoms with van der Waals surface area (Å²) < 4.78 is 0. The molecular formula is C18H30N4. The van der Waals surface area contributed by atoms with Crippen LogP contribution in [0.1, 0.15) is 57.0 Å². The Kier molecular flexibility index (Phi) is 5.29. The first-order valence-electron chi connectivity index (χ1n) is 9.10. The molecule has 0 radical (unpaired) electrons. The number of nitrogens with zero attached hydrogens (tertiary/aromatic N) is 4. The minimum atomic E-state index is 0.715. The van der Waals surface area contributed by atoms with Gasteiger partial charge in [0.15, 0.2) is 0 Å². The summed E-state index contributed by atoms with van der Waals surface area (Å²) in [5.74, 6) is 2.05. The molecule has 2 aliphatic heterocycles. The van der Waals surface area contributed by atoms with Crippen molar-refractivity contribution in [3.05, 3.63) is 17.6 Å². The van der Waals surface area contributed by atoms with Crippen LogP contribution in [0.5, 0.6) is 0 Å². The van der Waals surface area contributed by atoms with Crippen molar-refractivity contribution in [1.29, 1.82) is 0 Å². The fourth-order valence-corrected chi connectivity index (χ4v) is 3.88. The van der Waals surface area contributed by atoms with Crippen LogP contribution >= 0.6 is 0 Å². The molecule has 4 nitrogen and oxygen atoms in total. The molecule has 3 heterocycles. The zero-order valence-electron chi connectivity index (χ0n) is 14.2. The lowest BCUT2D eigenvalue weighted by atomic mass is 10.0. The van der Waals surface area contributed by atoms with Crippen molar-refractivity contribution in [3.8, 4) is 0 Å². The molecule has 2 aliphatic rings. The smallest absolute Gasteiger partial charge is 0.132 e. The molecule has 0 spiro atoms. The average molecular weight is 302 g/mol. The highest BCUT2D eigenvalue weighted by Gasteiger charge is 2.26. The van der Waals surface area contributed by atoms with Crippen LogP contribution in [0.2, 0.25) is 0 Å². The molecule has 0 aromatic carbocycles. The molecule has 2 saturated heterocycles. The maximum Gasteiger partial charge on any atom is 0.132 e. The Morgan fingerprint density at radius 1 is 1.05 bits per heavy atom. The average Bonchev–Trinajstić information content (AvgIpc) is 2.83. The van der Waals surface area contributed by atoms with E-state index in [2.05, 4.69) is 27.8 Å². The molecule has 22 heavy (non-hydrogen) atoms. The largest absolute Gasteiger partial charge is 0.355 e. The van der Waals surface area contributed by atoms with Gasteiger partial charge in [-0.25, -0.2) is 9.97 Å². The molecule has 3 rings (SSSR count). The molecule has 0 saturated carbocycles. The number of aryl methyl sites for hydroxylation is 2. The number of hydrogen-bond acceptors (Lipinski definition) is 4. The number of likely N-dealkylation sites (tertiary alicyclic amines) is 1. The van der Waals surface area contributed by atoms with Gasteiger partial charge in [0, 0.05) is 30.9 Å². The van der Waals surface area contributed by atoms with Gasteiger partial charge in [0.05, 0.1) is 0 Å². The molecule has 2 fully saturated rings. The first kappa shape index (κ1) is 15.7. The minimum Gasteiger partial charge on any atom is -0.355 e. The first-order valence-corrected chi connectivity index (χ1v) is 9.10. The molecule has 0 bridgehead atoms. The number of aromatic nitrogens is 2. The SMILES string of the molecule is CCc1cc(N2CCCC(N3CCCCCC3)C2)nc(C)n1. The van der Waals surface area contributed by atoms with Crippen LogP contribution in [0.4, 0.5) is 5.82 Å². The lowest BCUT2D eigenvalue weighted by Crippen LogP contribution is -2.48. The van der Waals surface area contributed by atoms with E-state index < -0.39 is 0 Å². The topological polar surface area (TPSA) is 32.3 Å². The predicted octanol–water partition coefficient (Wildman–Crippen LogP) is 3.19. The van der Waals surface area contributed by atoms with Gasteiger partial charge in [-0.2, -0.15) is 0 Å². The fraction of sp³-hybridized carbons (Fsp3) is 0.778. The number of piperidine rings is 1. The molecule has 0 N–H and O–H groups in total. The summed E-state index contributed by atoms with van der Waals surface area (Å²) in [7, 11) is 0. The quantitative estimate of drug-likeness (QED) is 0.858. The summed E-state index contributed by atoms with van der Waals surface area (Å²) >= 11 is 0. The Balaban J connectivity index is 1.70. The summed E-state index contributed by atoms with van der Waals surface area (Å²) in [6.07, 6.45) is 9.20.